The zero-order chi connectivity index (χ0) is 23.2. The second-order valence-corrected chi connectivity index (χ2v) is 7.89. The molecule has 170 valence electrons. The van der Waals surface area contributed by atoms with Gasteiger partial charge >= 0.3 is 0 Å². The van der Waals surface area contributed by atoms with Crippen LogP contribution in [0.1, 0.15) is 21.6 Å². The van der Waals surface area contributed by atoms with Crippen LogP contribution in [0.2, 0.25) is 0 Å². The Morgan fingerprint density at radius 2 is 1.97 bits per heavy atom. The van der Waals surface area contributed by atoms with Crippen LogP contribution in [0, 0.1) is 0 Å². The fraction of sp³-hybridized carbons (Fsp3) is 0.217. The first-order valence-electron chi connectivity index (χ1n) is 10.1. The Balaban J connectivity index is 1.57. The van der Waals surface area contributed by atoms with Crippen molar-refractivity contribution in [1.29, 1.82) is 0 Å². The molecule has 33 heavy (non-hydrogen) atoms. The van der Waals surface area contributed by atoms with Gasteiger partial charge in [-0.25, -0.2) is 9.97 Å². The lowest BCUT2D eigenvalue weighted by atomic mass is 10.2. The zero-order valence-corrected chi connectivity index (χ0v) is 19.3. The van der Waals surface area contributed by atoms with E-state index in [2.05, 4.69) is 20.4 Å². The van der Waals surface area contributed by atoms with Gasteiger partial charge in [0.1, 0.15) is 0 Å². The van der Waals surface area contributed by atoms with Crippen molar-refractivity contribution in [3.8, 4) is 28.0 Å². The molecule has 10 heteroatoms. The van der Waals surface area contributed by atoms with Crippen LogP contribution in [0.5, 0.6) is 11.5 Å². The third kappa shape index (κ3) is 4.86. The van der Waals surface area contributed by atoms with Crippen molar-refractivity contribution >= 4 is 17.2 Å². The van der Waals surface area contributed by atoms with Gasteiger partial charge in [0.25, 0.3) is 11.9 Å². The molecule has 0 aliphatic heterocycles. The molecule has 0 saturated heterocycles. The number of benzene rings is 1. The molecule has 0 bridgehead atoms. The molecule has 0 spiro atoms. The topological polar surface area (TPSA) is 100 Å². The largest absolute Gasteiger partial charge is 0.493 e. The molecule has 3 aromatic heterocycles. The number of nitrogens with zero attached hydrogens (tertiary/aromatic N) is 4. The summed E-state index contributed by atoms with van der Waals surface area (Å²) in [5.41, 5.74) is 2.61. The number of hydrogen-bond acceptors (Lipinski definition) is 8. The lowest BCUT2D eigenvalue weighted by molar-refractivity contribution is 0.0945. The Hall–Kier alpha value is -3.76. The number of carbonyl (C=O) groups is 1. The second-order valence-electron chi connectivity index (χ2n) is 6.94. The van der Waals surface area contributed by atoms with Crippen molar-refractivity contribution in [1.82, 2.24) is 25.1 Å². The number of thiophene rings is 1. The summed E-state index contributed by atoms with van der Waals surface area (Å²) in [6.45, 7) is 0.479. The third-order valence-electron chi connectivity index (χ3n) is 4.90. The summed E-state index contributed by atoms with van der Waals surface area (Å²) in [5, 5.41) is 9.28. The van der Waals surface area contributed by atoms with E-state index < -0.39 is 0 Å². The molecule has 4 rings (SSSR count). The fourth-order valence-corrected chi connectivity index (χ4v) is 3.99. The number of ether oxygens (including phenoxy) is 3. The second kappa shape index (κ2) is 10.2. The molecule has 1 aromatic carbocycles. The molecule has 1 amide bonds. The van der Waals surface area contributed by atoms with Crippen LogP contribution in [0.25, 0.3) is 16.5 Å². The lowest BCUT2D eigenvalue weighted by Gasteiger charge is -2.11. The molecule has 0 fully saturated rings. The van der Waals surface area contributed by atoms with Crippen molar-refractivity contribution < 1.29 is 19.0 Å². The highest BCUT2D eigenvalue weighted by molar-refractivity contribution is 7.13. The molecule has 0 aliphatic rings. The van der Waals surface area contributed by atoms with Crippen molar-refractivity contribution in [2.24, 2.45) is 0 Å². The SMILES string of the molecule is COCc1c(C(=O)NCc2ccc(OC)c(OC)c2)cnn1-c1nccc(-c2cccs2)n1. The summed E-state index contributed by atoms with van der Waals surface area (Å²) in [4.78, 5) is 23.0. The van der Waals surface area contributed by atoms with Crippen LogP contribution in [-0.4, -0.2) is 47.0 Å². The van der Waals surface area contributed by atoms with Crippen molar-refractivity contribution in [3.63, 3.8) is 0 Å². The van der Waals surface area contributed by atoms with Crippen LogP contribution < -0.4 is 14.8 Å². The molecule has 0 aliphatic carbocycles. The number of rotatable bonds is 9. The Labute approximate surface area is 195 Å². The van der Waals surface area contributed by atoms with Crippen molar-refractivity contribution in [3.05, 3.63) is 71.0 Å². The van der Waals surface area contributed by atoms with Crippen LogP contribution in [0.3, 0.4) is 0 Å². The molecule has 3 heterocycles. The highest BCUT2D eigenvalue weighted by Gasteiger charge is 2.20. The minimum atomic E-state index is -0.280. The first-order valence-corrected chi connectivity index (χ1v) is 10.9. The minimum Gasteiger partial charge on any atom is -0.493 e. The van der Waals surface area contributed by atoms with Crippen LogP contribution >= 0.6 is 11.3 Å². The van der Waals surface area contributed by atoms with Gasteiger partial charge in [-0.2, -0.15) is 9.78 Å². The molecular weight excluding hydrogens is 442 g/mol. The van der Waals surface area contributed by atoms with E-state index in [0.717, 1.165) is 16.1 Å². The Bertz CT molecular complexity index is 1240. The summed E-state index contributed by atoms with van der Waals surface area (Å²) >= 11 is 1.59. The smallest absolute Gasteiger partial charge is 0.255 e. The van der Waals surface area contributed by atoms with E-state index in [1.807, 2.05) is 35.7 Å². The van der Waals surface area contributed by atoms with E-state index in [9.17, 15) is 4.79 Å². The summed E-state index contributed by atoms with van der Waals surface area (Å²) < 4.78 is 17.5. The van der Waals surface area contributed by atoms with Gasteiger partial charge < -0.3 is 19.5 Å². The molecular formula is C23H23N5O4S. The molecule has 0 atom stereocenters. The first-order chi connectivity index (χ1) is 16.1. The standard InChI is InChI=1S/C23H23N5O4S/c1-30-14-18-16(22(29)25-12-15-6-7-19(31-2)20(11-15)32-3)13-26-28(18)23-24-9-8-17(27-23)21-5-4-10-33-21/h4-11,13H,12,14H2,1-3H3,(H,25,29). The van der Waals surface area contributed by atoms with Gasteiger partial charge in [-0.15, -0.1) is 11.3 Å². The number of amides is 1. The summed E-state index contributed by atoms with van der Waals surface area (Å²) in [7, 11) is 4.71. The van der Waals surface area contributed by atoms with Crippen molar-refractivity contribution in [2.75, 3.05) is 21.3 Å². The third-order valence-corrected chi connectivity index (χ3v) is 5.79. The zero-order valence-electron chi connectivity index (χ0n) is 18.4. The van der Waals surface area contributed by atoms with Gasteiger partial charge in [0.15, 0.2) is 11.5 Å². The number of hydrogen-bond donors (Lipinski definition) is 1. The molecule has 0 unspecified atom stereocenters. The average molecular weight is 466 g/mol. The minimum absolute atomic E-state index is 0.172. The number of methoxy groups -OCH3 is 3. The van der Waals surface area contributed by atoms with E-state index in [1.54, 1.807) is 44.9 Å². The van der Waals surface area contributed by atoms with Gasteiger partial charge in [-0.05, 0) is 35.2 Å². The predicted molar refractivity (Wildman–Crippen MR) is 124 cm³/mol. The molecule has 9 nitrogen and oxygen atoms in total. The van der Waals surface area contributed by atoms with E-state index in [1.165, 1.54) is 10.9 Å². The van der Waals surface area contributed by atoms with Gasteiger partial charge in [0.2, 0.25) is 0 Å². The van der Waals surface area contributed by atoms with Gasteiger partial charge in [-0.1, -0.05) is 12.1 Å². The number of aromatic nitrogens is 4. The van der Waals surface area contributed by atoms with Crippen LogP contribution in [0.15, 0.2) is 54.2 Å². The summed E-state index contributed by atoms with van der Waals surface area (Å²) in [6.07, 6.45) is 3.17. The van der Waals surface area contributed by atoms with Crippen molar-refractivity contribution in [2.45, 2.75) is 13.2 Å². The fourth-order valence-electron chi connectivity index (χ4n) is 3.29. The molecule has 0 radical (unpaired) electrons. The van der Waals surface area contributed by atoms with E-state index in [4.69, 9.17) is 14.2 Å². The van der Waals surface area contributed by atoms with Crippen LogP contribution in [0.4, 0.5) is 0 Å². The first kappa shape index (κ1) is 22.4. The average Bonchev–Trinajstić information content (AvgIpc) is 3.53. The molecule has 4 aromatic rings. The number of carbonyl (C=O) groups excluding carboxylic acids is 1. The Morgan fingerprint density at radius 1 is 1.12 bits per heavy atom. The molecule has 0 saturated carbocycles. The Morgan fingerprint density at radius 3 is 2.70 bits per heavy atom. The maximum absolute atomic E-state index is 13.0. The Kier molecular flexibility index (Phi) is 6.96. The lowest BCUT2D eigenvalue weighted by Crippen LogP contribution is -2.24. The van der Waals surface area contributed by atoms with E-state index >= 15 is 0 Å². The highest BCUT2D eigenvalue weighted by Crippen LogP contribution is 2.27. The highest BCUT2D eigenvalue weighted by atomic mass is 32.1. The predicted octanol–water partition coefficient (Wildman–Crippen LogP) is 3.48. The van der Waals surface area contributed by atoms with E-state index in [0.29, 0.717) is 35.2 Å². The normalized spacial score (nSPS) is 10.8. The van der Waals surface area contributed by atoms with Gasteiger partial charge in [-0.3, -0.25) is 4.79 Å². The van der Waals surface area contributed by atoms with Gasteiger partial charge in [0, 0.05) is 19.9 Å². The maximum Gasteiger partial charge on any atom is 0.255 e. The molecule has 1 N–H and O–H groups in total. The van der Waals surface area contributed by atoms with Gasteiger partial charge in [0.05, 0.1) is 48.9 Å². The summed E-state index contributed by atoms with van der Waals surface area (Å²) in [6, 6.07) is 11.3. The quantitative estimate of drug-likeness (QED) is 0.404. The van der Waals surface area contributed by atoms with E-state index in [-0.39, 0.29) is 12.5 Å². The maximum atomic E-state index is 13.0. The summed E-state index contributed by atoms with van der Waals surface area (Å²) in [5.74, 6) is 1.31. The van der Waals surface area contributed by atoms with Crippen LogP contribution in [-0.2, 0) is 17.9 Å². The monoisotopic (exact) mass is 465 g/mol. The number of nitrogens with one attached hydrogen (secondary N) is 1.